The first-order valence-corrected chi connectivity index (χ1v) is 14.5. The molecule has 0 aromatic heterocycles. The molecule has 0 fully saturated rings. The highest BCUT2D eigenvalue weighted by Crippen LogP contribution is 2.29. The average Bonchev–Trinajstić information content (AvgIpc) is 2.79. The highest BCUT2D eigenvalue weighted by atomic mass is 35.5. The lowest BCUT2D eigenvalue weighted by molar-refractivity contribution is -0.141. The van der Waals surface area contributed by atoms with E-state index >= 15 is 0 Å². The van der Waals surface area contributed by atoms with Crippen LogP contribution in [-0.4, -0.2) is 61.7 Å². The minimum Gasteiger partial charge on any atom is -0.350 e. The maximum Gasteiger partial charge on any atom is 0.304 e. The van der Waals surface area contributed by atoms with Gasteiger partial charge in [0.2, 0.25) is 11.8 Å². The van der Waals surface area contributed by atoms with E-state index in [9.17, 15) is 18.0 Å². The fraction of sp³-hybridized carbons (Fsp3) is 0.481. The van der Waals surface area contributed by atoms with Crippen LogP contribution in [0, 0.1) is 13.8 Å². The van der Waals surface area contributed by atoms with Gasteiger partial charge in [0.15, 0.2) is 0 Å². The molecule has 2 amide bonds. The molecule has 0 heterocycles. The first-order valence-electron chi connectivity index (χ1n) is 12.3. The zero-order valence-electron chi connectivity index (χ0n) is 23.3. The predicted octanol–water partition coefficient (Wildman–Crippen LogP) is 4.95. The minimum atomic E-state index is -4.06. The van der Waals surface area contributed by atoms with Crippen molar-refractivity contribution in [2.24, 2.45) is 0 Å². The third-order valence-electron chi connectivity index (χ3n) is 5.93. The number of amides is 2. The Hall–Kier alpha value is -2.33. The van der Waals surface area contributed by atoms with Crippen LogP contribution in [0.2, 0.25) is 10.0 Å². The van der Waals surface area contributed by atoms with Crippen LogP contribution in [0.5, 0.6) is 0 Å². The minimum absolute atomic E-state index is 0.0734. The number of rotatable bonds is 10. The van der Waals surface area contributed by atoms with Crippen molar-refractivity contribution in [3.63, 3.8) is 0 Å². The van der Waals surface area contributed by atoms with Gasteiger partial charge in [0, 0.05) is 41.8 Å². The summed E-state index contributed by atoms with van der Waals surface area (Å²) in [7, 11) is -1.25. The number of nitrogens with one attached hydrogen (secondary N) is 1. The SMILES string of the molecule is CCC(C(=O)NC(C)(C)C)N(Cc1c(Cl)cccc1Cl)C(=O)CN(c1cc(C)ccc1C)S(=O)(=O)N(C)C. The fourth-order valence-electron chi connectivity index (χ4n) is 3.92. The van der Waals surface area contributed by atoms with E-state index in [1.54, 1.807) is 44.2 Å². The Morgan fingerprint density at radius 1 is 1.03 bits per heavy atom. The fourth-order valence-corrected chi connectivity index (χ4v) is 5.55. The lowest BCUT2D eigenvalue weighted by Crippen LogP contribution is -2.55. The lowest BCUT2D eigenvalue weighted by atomic mass is 10.1. The number of carbonyl (C=O) groups excluding carboxylic acids is 2. The van der Waals surface area contributed by atoms with E-state index < -0.39 is 34.2 Å². The number of anilines is 1. The van der Waals surface area contributed by atoms with Gasteiger partial charge in [0.25, 0.3) is 0 Å². The average molecular weight is 586 g/mol. The first kappa shape index (κ1) is 31.9. The normalized spacial score (nSPS) is 12.8. The van der Waals surface area contributed by atoms with Crippen LogP contribution in [0.4, 0.5) is 5.69 Å². The van der Waals surface area contributed by atoms with Gasteiger partial charge >= 0.3 is 10.2 Å². The monoisotopic (exact) mass is 584 g/mol. The lowest BCUT2D eigenvalue weighted by Gasteiger charge is -2.35. The maximum atomic E-state index is 14.0. The molecule has 0 aliphatic rings. The Labute approximate surface area is 237 Å². The first-order chi connectivity index (χ1) is 17.5. The molecule has 2 rings (SSSR count). The molecule has 8 nitrogen and oxygen atoms in total. The van der Waals surface area contributed by atoms with Gasteiger partial charge in [0.1, 0.15) is 12.6 Å². The molecule has 2 aromatic carbocycles. The zero-order chi connectivity index (χ0) is 29.0. The van der Waals surface area contributed by atoms with Crippen molar-refractivity contribution in [3.05, 3.63) is 63.1 Å². The predicted molar refractivity (Wildman–Crippen MR) is 155 cm³/mol. The van der Waals surface area contributed by atoms with Crippen LogP contribution in [0.1, 0.15) is 50.8 Å². The summed E-state index contributed by atoms with van der Waals surface area (Å²) in [6, 6.07) is 9.51. The number of benzene rings is 2. The molecule has 0 bridgehead atoms. The third-order valence-corrected chi connectivity index (χ3v) is 8.44. The standard InChI is InChI=1S/C27H38Cl2N4O4S/c1-9-23(26(35)30-27(4,5)6)32(16-20-21(28)11-10-12-22(20)29)25(34)17-33(38(36,37)31(7)8)24-15-18(2)13-14-19(24)3/h10-15,23H,9,16-17H2,1-8H3,(H,30,35). The Morgan fingerprint density at radius 3 is 2.11 bits per heavy atom. The summed E-state index contributed by atoms with van der Waals surface area (Å²) >= 11 is 12.9. The van der Waals surface area contributed by atoms with Gasteiger partial charge in [-0.05, 0) is 70.4 Å². The van der Waals surface area contributed by atoms with Gasteiger partial charge < -0.3 is 10.2 Å². The van der Waals surface area contributed by atoms with Gasteiger partial charge in [-0.2, -0.15) is 12.7 Å². The van der Waals surface area contributed by atoms with E-state index in [2.05, 4.69) is 5.32 Å². The summed E-state index contributed by atoms with van der Waals surface area (Å²) in [5.74, 6) is -0.923. The molecule has 0 saturated carbocycles. The highest BCUT2D eigenvalue weighted by molar-refractivity contribution is 7.90. The topological polar surface area (TPSA) is 90.0 Å². The summed E-state index contributed by atoms with van der Waals surface area (Å²) in [6.07, 6.45) is 0.291. The van der Waals surface area contributed by atoms with Crippen LogP contribution in [0.3, 0.4) is 0 Å². The molecule has 0 radical (unpaired) electrons. The van der Waals surface area contributed by atoms with E-state index in [1.807, 2.05) is 33.8 Å². The number of nitrogens with zero attached hydrogens (tertiary/aromatic N) is 3. The Bertz CT molecular complexity index is 1260. The largest absolute Gasteiger partial charge is 0.350 e. The highest BCUT2D eigenvalue weighted by Gasteiger charge is 2.35. The van der Waals surface area contributed by atoms with Crippen LogP contribution >= 0.6 is 23.2 Å². The van der Waals surface area contributed by atoms with Crippen LogP contribution < -0.4 is 9.62 Å². The molecule has 0 aliphatic carbocycles. The zero-order valence-corrected chi connectivity index (χ0v) is 25.6. The van der Waals surface area contributed by atoms with Gasteiger partial charge in [-0.25, -0.2) is 4.31 Å². The summed E-state index contributed by atoms with van der Waals surface area (Å²) in [4.78, 5) is 28.7. The number of halogens is 2. The summed E-state index contributed by atoms with van der Waals surface area (Å²) < 4.78 is 29.0. The van der Waals surface area contributed by atoms with Crippen LogP contribution in [0.25, 0.3) is 0 Å². The molecule has 1 atom stereocenters. The smallest absolute Gasteiger partial charge is 0.304 e. The molecule has 2 aromatic rings. The van der Waals surface area contributed by atoms with E-state index in [4.69, 9.17) is 23.2 Å². The molecule has 1 unspecified atom stereocenters. The molecule has 1 N–H and O–H groups in total. The number of carbonyl (C=O) groups is 2. The van der Waals surface area contributed by atoms with Gasteiger partial charge in [-0.15, -0.1) is 0 Å². The Kier molecular flexibility index (Phi) is 10.6. The van der Waals surface area contributed by atoms with Crippen molar-refractivity contribution in [1.29, 1.82) is 0 Å². The van der Waals surface area contributed by atoms with Gasteiger partial charge in [0.05, 0.1) is 5.69 Å². The second kappa shape index (κ2) is 12.7. The van der Waals surface area contributed by atoms with Crippen molar-refractivity contribution >= 4 is 50.9 Å². The third kappa shape index (κ3) is 7.85. The van der Waals surface area contributed by atoms with Crippen molar-refractivity contribution in [2.45, 2.75) is 66.1 Å². The second-order valence-electron chi connectivity index (χ2n) is 10.5. The quantitative estimate of drug-likeness (QED) is 0.428. The summed E-state index contributed by atoms with van der Waals surface area (Å²) in [6.45, 7) is 10.4. The van der Waals surface area contributed by atoms with Gasteiger partial charge in [-0.3, -0.25) is 9.59 Å². The second-order valence-corrected chi connectivity index (χ2v) is 13.4. The van der Waals surface area contributed by atoms with Crippen LogP contribution in [-0.2, 0) is 26.3 Å². The summed E-state index contributed by atoms with van der Waals surface area (Å²) in [5.41, 5.74) is 1.84. The molecule has 0 saturated heterocycles. The molecule has 0 spiro atoms. The van der Waals surface area contributed by atoms with E-state index in [0.717, 1.165) is 14.2 Å². The molecule has 210 valence electrons. The van der Waals surface area contributed by atoms with Crippen molar-refractivity contribution in [1.82, 2.24) is 14.5 Å². The molecular weight excluding hydrogens is 547 g/mol. The van der Waals surface area contributed by atoms with E-state index in [-0.39, 0.29) is 12.5 Å². The van der Waals surface area contributed by atoms with Crippen molar-refractivity contribution < 1.29 is 18.0 Å². The molecule has 0 aliphatic heterocycles. The van der Waals surface area contributed by atoms with Gasteiger partial charge in [-0.1, -0.05) is 48.3 Å². The molecule has 38 heavy (non-hydrogen) atoms. The van der Waals surface area contributed by atoms with Crippen LogP contribution in [0.15, 0.2) is 36.4 Å². The maximum absolute atomic E-state index is 14.0. The Morgan fingerprint density at radius 2 is 1.61 bits per heavy atom. The molecular formula is C27H38Cl2N4O4S. The van der Waals surface area contributed by atoms with E-state index in [0.29, 0.717) is 33.3 Å². The molecule has 11 heteroatoms. The summed E-state index contributed by atoms with van der Waals surface area (Å²) in [5, 5.41) is 3.61. The number of aryl methyl sites for hydroxylation is 2. The Balaban J connectivity index is 2.64. The number of hydrogen-bond donors (Lipinski definition) is 1. The van der Waals surface area contributed by atoms with Crippen molar-refractivity contribution in [3.8, 4) is 0 Å². The number of hydrogen-bond acceptors (Lipinski definition) is 4. The van der Waals surface area contributed by atoms with Crippen molar-refractivity contribution in [2.75, 3.05) is 24.9 Å². The van der Waals surface area contributed by atoms with E-state index in [1.165, 1.54) is 19.0 Å².